The quantitative estimate of drug-likeness (QED) is 0.890. The molecule has 0 saturated carbocycles. The molecule has 0 radical (unpaired) electrons. The van der Waals surface area contributed by atoms with Gasteiger partial charge in [-0.1, -0.05) is 22.9 Å². The fraction of sp³-hybridized carbons (Fsp3) is 0.100. The molecular weight excluding hydrogens is 317 g/mol. The van der Waals surface area contributed by atoms with Crippen molar-refractivity contribution < 1.29 is 18.0 Å². The Morgan fingerprint density at radius 2 is 2.00 bits per heavy atom. The smallest absolute Gasteiger partial charge is 0.374 e. The highest BCUT2D eigenvalue weighted by Gasteiger charge is 2.31. The van der Waals surface area contributed by atoms with E-state index in [1.54, 1.807) is 0 Å². The van der Waals surface area contributed by atoms with E-state index in [-0.39, 0.29) is 20.8 Å². The van der Waals surface area contributed by atoms with Gasteiger partial charge in [-0.15, -0.1) is 10.2 Å². The fourth-order valence-corrected chi connectivity index (χ4v) is 2.08. The second-order valence-corrected chi connectivity index (χ2v) is 5.07. The second kappa shape index (κ2) is 5.25. The van der Waals surface area contributed by atoms with E-state index in [1.807, 2.05) is 0 Å². The number of rotatable bonds is 2. The standard InChI is InChI=1S/C10H6ClF3N4OS/c11-5-1-4(10(12,13)14)2-6(3-5)16-7(19)8-17-18-9(15)20-8/h1-3H,(H2,15,18)(H,16,19). The maximum Gasteiger partial charge on any atom is 0.416 e. The van der Waals surface area contributed by atoms with Gasteiger partial charge in [0, 0.05) is 10.7 Å². The first-order valence-electron chi connectivity index (χ1n) is 5.04. The number of carbonyl (C=O) groups is 1. The minimum Gasteiger partial charge on any atom is -0.374 e. The van der Waals surface area contributed by atoms with Gasteiger partial charge < -0.3 is 11.1 Å². The molecule has 1 heterocycles. The number of nitrogens with two attached hydrogens (primary N) is 1. The molecule has 0 bridgehead atoms. The number of halogens is 4. The third kappa shape index (κ3) is 3.36. The minimum atomic E-state index is -4.56. The molecule has 0 aliphatic heterocycles. The highest BCUT2D eigenvalue weighted by Crippen LogP contribution is 2.33. The Bertz CT molecular complexity index is 658. The summed E-state index contributed by atoms with van der Waals surface area (Å²) >= 11 is 6.41. The van der Waals surface area contributed by atoms with Crippen LogP contribution < -0.4 is 11.1 Å². The maximum absolute atomic E-state index is 12.6. The van der Waals surface area contributed by atoms with E-state index < -0.39 is 17.6 Å². The molecule has 1 aromatic heterocycles. The average Bonchev–Trinajstić information content (AvgIpc) is 2.74. The fourth-order valence-electron chi connectivity index (χ4n) is 1.34. The van der Waals surface area contributed by atoms with Crippen molar-refractivity contribution in [2.24, 2.45) is 0 Å². The number of hydrogen-bond acceptors (Lipinski definition) is 5. The van der Waals surface area contributed by atoms with Gasteiger partial charge in [-0.25, -0.2) is 0 Å². The van der Waals surface area contributed by atoms with E-state index in [1.165, 1.54) is 6.07 Å². The van der Waals surface area contributed by atoms with E-state index in [4.69, 9.17) is 17.3 Å². The summed E-state index contributed by atoms with van der Waals surface area (Å²) in [5.74, 6) is -0.713. The van der Waals surface area contributed by atoms with Crippen LogP contribution in [0.5, 0.6) is 0 Å². The lowest BCUT2D eigenvalue weighted by Gasteiger charge is -2.10. The van der Waals surface area contributed by atoms with E-state index >= 15 is 0 Å². The lowest BCUT2D eigenvalue weighted by molar-refractivity contribution is -0.137. The third-order valence-corrected chi connectivity index (χ3v) is 3.09. The zero-order chi connectivity index (χ0) is 14.9. The summed E-state index contributed by atoms with van der Waals surface area (Å²) in [4.78, 5) is 11.7. The first-order valence-corrected chi connectivity index (χ1v) is 6.23. The van der Waals surface area contributed by atoms with Crippen molar-refractivity contribution in [2.45, 2.75) is 6.18 Å². The minimum absolute atomic E-state index is 0.0592. The van der Waals surface area contributed by atoms with Crippen LogP contribution in [0.15, 0.2) is 18.2 Å². The molecule has 3 N–H and O–H groups in total. The number of carbonyl (C=O) groups excluding carboxylic acids is 1. The Morgan fingerprint density at radius 3 is 2.55 bits per heavy atom. The topological polar surface area (TPSA) is 80.9 Å². The van der Waals surface area contributed by atoms with Gasteiger partial charge in [-0.3, -0.25) is 4.79 Å². The predicted molar refractivity (Wildman–Crippen MR) is 68.7 cm³/mol. The van der Waals surface area contributed by atoms with Crippen molar-refractivity contribution in [3.8, 4) is 0 Å². The van der Waals surface area contributed by atoms with Crippen LogP contribution >= 0.6 is 22.9 Å². The largest absolute Gasteiger partial charge is 0.416 e. The monoisotopic (exact) mass is 322 g/mol. The molecule has 5 nitrogen and oxygen atoms in total. The molecule has 10 heteroatoms. The molecule has 0 saturated heterocycles. The van der Waals surface area contributed by atoms with Crippen molar-refractivity contribution in [1.82, 2.24) is 10.2 Å². The lowest BCUT2D eigenvalue weighted by atomic mass is 10.2. The molecule has 0 atom stereocenters. The van der Waals surface area contributed by atoms with Crippen LogP contribution in [0.3, 0.4) is 0 Å². The van der Waals surface area contributed by atoms with Crippen LogP contribution in [-0.4, -0.2) is 16.1 Å². The molecule has 0 aliphatic rings. The summed E-state index contributed by atoms with van der Waals surface area (Å²) in [5, 5.41) is 9.04. The van der Waals surface area contributed by atoms with Gasteiger partial charge >= 0.3 is 6.18 Å². The second-order valence-electron chi connectivity index (χ2n) is 3.63. The number of benzene rings is 1. The summed E-state index contributed by atoms with van der Waals surface area (Å²) in [5.41, 5.74) is 4.26. The van der Waals surface area contributed by atoms with E-state index in [9.17, 15) is 18.0 Å². The van der Waals surface area contributed by atoms with Crippen LogP contribution in [0.1, 0.15) is 15.4 Å². The Kier molecular flexibility index (Phi) is 3.82. The number of anilines is 2. The molecule has 2 rings (SSSR count). The molecule has 0 spiro atoms. The Morgan fingerprint density at radius 1 is 1.30 bits per heavy atom. The van der Waals surface area contributed by atoms with Gasteiger partial charge in [-0.2, -0.15) is 13.2 Å². The van der Waals surface area contributed by atoms with Crippen molar-refractivity contribution in [3.63, 3.8) is 0 Å². The molecule has 20 heavy (non-hydrogen) atoms. The van der Waals surface area contributed by atoms with Crippen molar-refractivity contribution in [3.05, 3.63) is 33.8 Å². The van der Waals surface area contributed by atoms with Crippen molar-refractivity contribution in [2.75, 3.05) is 11.1 Å². The van der Waals surface area contributed by atoms with Gasteiger partial charge in [0.1, 0.15) is 0 Å². The summed E-state index contributed by atoms with van der Waals surface area (Å²) in [7, 11) is 0. The molecule has 2 aromatic rings. The van der Waals surface area contributed by atoms with Crippen LogP contribution in [0.25, 0.3) is 0 Å². The zero-order valence-electron chi connectivity index (χ0n) is 9.53. The normalized spacial score (nSPS) is 11.4. The highest BCUT2D eigenvalue weighted by molar-refractivity contribution is 7.16. The SMILES string of the molecule is Nc1nnc(C(=O)Nc2cc(Cl)cc(C(F)(F)F)c2)s1. The molecule has 0 aliphatic carbocycles. The van der Waals surface area contributed by atoms with Gasteiger partial charge in [0.15, 0.2) is 0 Å². The van der Waals surface area contributed by atoms with Crippen LogP contribution in [0, 0.1) is 0 Å². The Labute approximate surface area is 119 Å². The van der Waals surface area contributed by atoms with Crippen LogP contribution in [-0.2, 0) is 6.18 Å². The summed E-state index contributed by atoms with van der Waals surface area (Å²) in [6.07, 6.45) is -4.56. The molecule has 1 amide bonds. The molecule has 0 unspecified atom stereocenters. The summed E-state index contributed by atoms with van der Waals surface area (Å²) in [6.45, 7) is 0. The maximum atomic E-state index is 12.6. The van der Waals surface area contributed by atoms with E-state index in [0.29, 0.717) is 0 Å². The van der Waals surface area contributed by atoms with Crippen LogP contribution in [0.4, 0.5) is 24.0 Å². The Balaban J connectivity index is 2.25. The first-order chi connectivity index (χ1) is 9.25. The molecule has 1 aromatic carbocycles. The number of amides is 1. The zero-order valence-corrected chi connectivity index (χ0v) is 11.1. The van der Waals surface area contributed by atoms with Gasteiger partial charge in [-0.05, 0) is 18.2 Å². The van der Waals surface area contributed by atoms with Gasteiger partial charge in [0.25, 0.3) is 5.91 Å². The number of nitrogens with one attached hydrogen (secondary N) is 1. The highest BCUT2D eigenvalue weighted by atomic mass is 35.5. The van der Waals surface area contributed by atoms with Crippen LogP contribution in [0.2, 0.25) is 5.02 Å². The number of nitrogens with zero attached hydrogens (tertiary/aromatic N) is 2. The number of nitrogen functional groups attached to an aromatic ring is 1. The van der Waals surface area contributed by atoms with Gasteiger partial charge in [0.05, 0.1) is 5.56 Å². The van der Waals surface area contributed by atoms with Crippen molar-refractivity contribution >= 4 is 39.7 Å². The average molecular weight is 323 g/mol. The molecule has 106 valence electrons. The van der Waals surface area contributed by atoms with Gasteiger partial charge in [0.2, 0.25) is 10.1 Å². The number of aromatic nitrogens is 2. The predicted octanol–water partition coefficient (Wildman–Crippen LogP) is 3.04. The lowest BCUT2D eigenvalue weighted by Crippen LogP contribution is -2.13. The third-order valence-electron chi connectivity index (χ3n) is 2.12. The van der Waals surface area contributed by atoms with E-state index in [0.717, 1.165) is 23.5 Å². The summed E-state index contributed by atoms with van der Waals surface area (Å²) in [6, 6.07) is 2.73. The van der Waals surface area contributed by atoms with E-state index in [2.05, 4.69) is 15.5 Å². The number of alkyl halides is 3. The van der Waals surface area contributed by atoms with Crippen molar-refractivity contribution in [1.29, 1.82) is 0 Å². The number of hydrogen-bond donors (Lipinski definition) is 2. The summed E-state index contributed by atoms with van der Waals surface area (Å²) < 4.78 is 37.8. The molecular formula is C10H6ClF3N4OS. The molecule has 0 fully saturated rings. The first kappa shape index (κ1) is 14.5. The Hall–Kier alpha value is -1.87.